The Morgan fingerprint density at radius 3 is 2.50 bits per heavy atom. The lowest BCUT2D eigenvalue weighted by Gasteiger charge is -2.29. The van der Waals surface area contributed by atoms with E-state index in [-0.39, 0.29) is 29.0 Å². The van der Waals surface area contributed by atoms with Crippen LogP contribution in [0.2, 0.25) is 0 Å². The van der Waals surface area contributed by atoms with E-state index in [1.807, 2.05) is 19.0 Å². The van der Waals surface area contributed by atoms with Gasteiger partial charge in [-0.3, -0.25) is 4.79 Å². The molecule has 198 valence electrons. The van der Waals surface area contributed by atoms with Crippen molar-refractivity contribution in [2.24, 2.45) is 0 Å². The number of methoxy groups -OCH3 is 1. The normalized spacial score (nSPS) is 15.5. The van der Waals surface area contributed by atoms with E-state index in [9.17, 15) is 18.0 Å². The quantitative estimate of drug-likeness (QED) is 0.489. The Morgan fingerprint density at radius 2 is 1.87 bits per heavy atom. The maximum Gasteiger partial charge on any atom is 0.416 e. The molecule has 3 N–H and O–H groups in total. The monoisotopic (exact) mass is 524 g/mol. The summed E-state index contributed by atoms with van der Waals surface area (Å²) < 4.78 is 46.0. The fourth-order valence-corrected chi connectivity index (χ4v) is 4.24. The summed E-state index contributed by atoms with van der Waals surface area (Å²) in [5.41, 5.74) is 6.32. The van der Waals surface area contributed by atoms with E-state index < -0.39 is 17.6 Å². The smallest absolute Gasteiger partial charge is 0.416 e. The van der Waals surface area contributed by atoms with Crippen molar-refractivity contribution in [2.45, 2.75) is 18.6 Å². The van der Waals surface area contributed by atoms with Crippen LogP contribution in [-0.4, -0.2) is 61.1 Å². The molecule has 2 heterocycles. The van der Waals surface area contributed by atoms with Crippen molar-refractivity contribution in [1.82, 2.24) is 14.9 Å². The maximum atomic E-state index is 13.5. The van der Waals surface area contributed by atoms with E-state index in [4.69, 9.17) is 10.5 Å². The zero-order valence-electron chi connectivity index (χ0n) is 21.1. The van der Waals surface area contributed by atoms with Crippen molar-refractivity contribution in [3.63, 3.8) is 0 Å². The van der Waals surface area contributed by atoms with Crippen molar-refractivity contribution >= 4 is 23.2 Å². The van der Waals surface area contributed by atoms with E-state index in [0.717, 1.165) is 31.6 Å². The third kappa shape index (κ3) is 6.15. The molecule has 4 rings (SSSR count). The van der Waals surface area contributed by atoms with Crippen LogP contribution in [-0.2, 0) is 6.18 Å². The molecule has 0 spiro atoms. The van der Waals surface area contributed by atoms with Crippen LogP contribution in [0.25, 0.3) is 0 Å². The molecule has 0 unspecified atom stereocenters. The summed E-state index contributed by atoms with van der Waals surface area (Å²) in [5.74, 6) is 5.56. The van der Waals surface area contributed by atoms with Crippen LogP contribution >= 0.6 is 0 Å². The Kier molecular flexibility index (Phi) is 7.73. The van der Waals surface area contributed by atoms with Crippen LogP contribution in [0.1, 0.15) is 33.5 Å². The van der Waals surface area contributed by atoms with E-state index in [0.29, 0.717) is 16.8 Å². The van der Waals surface area contributed by atoms with Gasteiger partial charge in [0.2, 0.25) is 5.95 Å². The lowest BCUT2D eigenvalue weighted by atomic mass is 10.1. The Morgan fingerprint density at radius 1 is 1.16 bits per heavy atom. The number of alkyl halides is 3. The third-order valence-electron chi connectivity index (χ3n) is 6.33. The number of anilines is 3. The fourth-order valence-electron chi connectivity index (χ4n) is 4.24. The first kappa shape index (κ1) is 26.8. The van der Waals surface area contributed by atoms with Gasteiger partial charge in [-0.1, -0.05) is 11.8 Å². The fraction of sp³-hybridized carbons (Fsp3) is 0.296. The van der Waals surface area contributed by atoms with Gasteiger partial charge in [-0.05, 0) is 56.4 Å². The molecule has 1 saturated heterocycles. The van der Waals surface area contributed by atoms with Crippen molar-refractivity contribution in [3.05, 3.63) is 71.0 Å². The molecule has 0 saturated carbocycles. The molecule has 1 aromatic heterocycles. The van der Waals surface area contributed by atoms with Crippen LogP contribution < -0.4 is 20.7 Å². The number of hydrogen-bond donors (Lipinski definition) is 2. The second-order valence-electron chi connectivity index (χ2n) is 8.99. The molecule has 11 heteroatoms. The van der Waals surface area contributed by atoms with Gasteiger partial charge < -0.3 is 25.6 Å². The molecule has 1 amide bonds. The number of rotatable bonds is 5. The number of carbonyl (C=O) groups excluding carboxylic acids is 1. The first-order valence-corrected chi connectivity index (χ1v) is 11.8. The summed E-state index contributed by atoms with van der Waals surface area (Å²) >= 11 is 0. The molecule has 8 nitrogen and oxygen atoms in total. The average Bonchev–Trinajstić information content (AvgIpc) is 3.33. The topological polar surface area (TPSA) is 96.6 Å². The number of halogens is 3. The predicted octanol–water partition coefficient (Wildman–Crippen LogP) is 3.88. The van der Waals surface area contributed by atoms with E-state index in [2.05, 4.69) is 32.0 Å². The Bertz CT molecular complexity index is 1380. The van der Waals surface area contributed by atoms with Gasteiger partial charge in [-0.25, -0.2) is 9.97 Å². The number of ether oxygens (including phenoxy) is 1. The summed E-state index contributed by atoms with van der Waals surface area (Å²) in [6, 6.07) is 8.23. The lowest BCUT2D eigenvalue weighted by Crippen LogP contribution is -2.34. The van der Waals surface area contributed by atoms with Gasteiger partial charge in [0.15, 0.2) is 0 Å². The molecule has 1 fully saturated rings. The molecule has 0 radical (unpaired) electrons. The highest BCUT2D eigenvalue weighted by Gasteiger charge is 2.33. The number of hydrogen-bond acceptors (Lipinski definition) is 7. The molecule has 38 heavy (non-hydrogen) atoms. The van der Waals surface area contributed by atoms with Gasteiger partial charge in [0, 0.05) is 37.6 Å². The van der Waals surface area contributed by atoms with Gasteiger partial charge in [0.1, 0.15) is 5.75 Å². The van der Waals surface area contributed by atoms with Crippen molar-refractivity contribution in [2.75, 3.05) is 50.2 Å². The number of aromatic nitrogens is 2. The van der Waals surface area contributed by atoms with Gasteiger partial charge in [-0.15, -0.1) is 0 Å². The Balaban J connectivity index is 1.67. The van der Waals surface area contributed by atoms with Crippen LogP contribution in [0.5, 0.6) is 5.75 Å². The van der Waals surface area contributed by atoms with E-state index in [1.54, 1.807) is 12.1 Å². The van der Waals surface area contributed by atoms with Gasteiger partial charge in [0.05, 0.1) is 35.2 Å². The number of nitrogens with zero attached hydrogens (tertiary/aromatic N) is 4. The summed E-state index contributed by atoms with van der Waals surface area (Å²) in [4.78, 5) is 25.2. The van der Waals surface area contributed by atoms with Crippen LogP contribution in [0.4, 0.5) is 30.5 Å². The van der Waals surface area contributed by atoms with Crippen molar-refractivity contribution in [1.29, 1.82) is 0 Å². The SMILES string of the molecule is COc1ccc(C#Cc2cnc(N)nc2)cc1C(=O)Nc1cc(C(F)(F)F)ccc1N(C)[C@@H]1CCN(C)C1. The first-order chi connectivity index (χ1) is 18.0. The first-order valence-electron chi connectivity index (χ1n) is 11.8. The van der Waals surface area contributed by atoms with Gasteiger partial charge >= 0.3 is 6.18 Å². The number of nitrogens with two attached hydrogens (primary N) is 1. The van der Waals surface area contributed by atoms with Gasteiger partial charge in [0.25, 0.3) is 5.91 Å². The summed E-state index contributed by atoms with van der Waals surface area (Å²) in [7, 11) is 5.22. The summed E-state index contributed by atoms with van der Waals surface area (Å²) in [5, 5.41) is 2.68. The molecule has 0 aliphatic carbocycles. The van der Waals surface area contributed by atoms with Crippen molar-refractivity contribution < 1.29 is 22.7 Å². The number of carbonyl (C=O) groups is 1. The lowest BCUT2D eigenvalue weighted by molar-refractivity contribution is -0.137. The second-order valence-corrected chi connectivity index (χ2v) is 8.99. The van der Waals surface area contributed by atoms with Crippen molar-refractivity contribution in [3.8, 4) is 17.6 Å². The van der Waals surface area contributed by atoms with Gasteiger partial charge in [-0.2, -0.15) is 13.2 Å². The molecule has 3 aromatic rings. The predicted molar refractivity (Wildman–Crippen MR) is 139 cm³/mol. The minimum atomic E-state index is -4.57. The molecule has 1 atom stereocenters. The zero-order chi connectivity index (χ0) is 27.4. The number of nitrogens with one attached hydrogen (secondary N) is 1. The number of nitrogen functional groups attached to an aromatic ring is 1. The number of likely N-dealkylation sites (N-methyl/N-ethyl adjacent to an activating group) is 2. The molecular formula is C27H27F3N6O2. The minimum Gasteiger partial charge on any atom is -0.496 e. The zero-order valence-corrected chi connectivity index (χ0v) is 21.1. The molecule has 2 aromatic carbocycles. The molecule has 1 aliphatic rings. The van der Waals surface area contributed by atoms with Crippen LogP contribution in [0.3, 0.4) is 0 Å². The molecule has 0 bridgehead atoms. The second kappa shape index (κ2) is 11.0. The van der Waals surface area contributed by atoms with Crippen LogP contribution in [0.15, 0.2) is 48.8 Å². The Hall–Kier alpha value is -4.30. The summed E-state index contributed by atoms with van der Waals surface area (Å²) in [6.45, 7) is 1.64. The number of likely N-dealkylation sites (tertiary alicyclic amines) is 1. The Labute approximate surface area is 218 Å². The third-order valence-corrected chi connectivity index (χ3v) is 6.33. The maximum absolute atomic E-state index is 13.5. The van der Waals surface area contributed by atoms with E-state index in [1.165, 1.54) is 31.6 Å². The number of amides is 1. The molecular weight excluding hydrogens is 497 g/mol. The number of benzene rings is 2. The summed E-state index contributed by atoms with van der Waals surface area (Å²) in [6.07, 6.45) is -0.765. The highest BCUT2D eigenvalue weighted by atomic mass is 19.4. The largest absolute Gasteiger partial charge is 0.496 e. The minimum absolute atomic E-state index is 0.0550. The van der Waals surface area contributed by atoms with Crippen LogP contribution in [0, 0.1) is 11.8 Å². The highest BCUT2D eigenvalue weighted by Crippen LogP contribution is 2.37. The average molecular weight is 525 g/mol. The molecule has 1 aliphatic heterocycles. The van der Waals surface area contributed by atoms with E-state index >= 15 is 0 Å². The standard InChI is InChI=1S/C27H27F3N6O2/c1-35-11-10-20(16-35)36(2)23-8-7-19(27(28,29)30)13-22(23)34-25(37)21-12-17(6-9-24(21)38-3)4-5-18-14-32-26(31)33-15-18/h6-9,12-15,20H,10-11,16H2,1-3H3,(H,34,37)(H2,31,32,33)/t20-/m1/s1. The highest BCUT2D eigenvalue weighted by molar-refractivity contribution is 6.08.